The molecular weight excluding hydrogens is 304 g/mol. The van der Waals surface area contributed by atoms with E-state index in [0.717, 1.165) is 17.8 Å². The smallest absolute Gasteiger partial charge is 0.348 e. The number of thiophene rings is 1. The van der Waals surface area contributed by atoms with Gasteiger partial charge in [0.05, 0.1) is 12.2 Å². The summed E-state index contributed by atoms with van der Waals surface area (Å²) in [7, 11) is 0. The molecule has 120 valence electrons. The van der Waals surface area contributed by atoms with Crippen molar-refractivity contribution >= 4 is 28.3 Å². The minimum absolute atomic E-state index is 0.151. The molecule has 0 aliphatic rings. The molecule has 2 N–H and O–H groups in total. The van der Waals surface area contributed by atoms with Crippen molar-refractivity contribution in [3.8, 4) is 6.07 Å². The van der Waals surface area contributed by atoms with E-state index in [1.807, 2.05) is 19.9 Å². The van der Waals surface area contributed by atoms with E-state index in [1.165, 1.54) is 0 Å². The molecule has 1 aromatic rings. The van der Waals surface area contributed by atoms with Crippen LogP contribution >= 0.6 is 11.3 Å². The molecule has 0 amide bonds. The molecule has 0 spiro atoms. The fourth-order valence-electron chi connectivity index (χ4n) is 1.74. The molecule has 6 nitrogen and oxygen atoms in total. The Labute approximate surface area is 133 Å². The van der Waals surface area contributed by atoms with Crippen LogP contribution in [0.4, 0.5) is 5.00 Å². The predicted octanol–water partition coefficient (Wildman–Crippen LogP) is 2.86. The first-order valence-corrected chi connectivity index (χ1v) is 7.86. The summed E-state index contributed by atoms with van der Waals surface area (Å²) >= 11 is 0.973. The summed E-state index contributed by atoms with van der Waals surface area (Å²) in [6, 6.07) is 1.94. The van der Waals surface area contributed by atoms with Gasteiger partial charge in [0.25, 0.3) is 0 Å². The molecule has 0 atom stereocenters. The number of nitrogens with zero attached hydrogens (tertiary/aromatic N) is 1. The normalized spacial score (nSPS) is 10.3. The second-order valence-electron chi connectivity index (χ2n) is 5.07. The lowest BCUT2D eigenvalue weighted by atomic mass is 10.1. The van der Waals surface area contributed by atoms with Crippen molar-refractivity contribution < 1.29 is 19.1 Å². The van der Waals surface area contributed by atoms with Gasteiger partial charge in [0.15, 0.2) is 0 Å². The number of esters is 2. The summed E-state index contributed by atoms with van der Waals surface area (Å²) < 4.78 is 10.1. The van der Waals surface area contributed by atoms with Crippen LogP contribution in [0.5, 0.6) is 0 Å². The Morgan fingerprint density at radius 3 is 2.59 bits per heavy atom. The van der Waals surface area contributed by atoms with E-state index >= 15 is 0 Å². The van der Waals surface area contributed by atoms with Gasteiger partial charge >= 0.3 is 11.9 Å². The van der Waals surface area contributed by atoms with Crippen LogP contribution in [0.1, 0.15) is 54.4 Å². The SMILES string of the molecule is CCOC(=O)c1sc(N)c(C#N)c1COC(=O)CCC(C)C. The molecule has 0 bridgehead atoms. The second kappa shape index (κ2) is 8.39. The number of ether oxygens (including phenoxy) is 2. The van der Waals surface area contributed by atoms with E-state index in [1.54, 1.807) is 6.92 Å². The highest BCUT2D eigenvalue weighted by Crippen LogP contribution is 2.31. The average Bonchev–Trinajstić information content (AvgIpc) is 2.79. The van der Waals surface area contributed by atoms with Gasteiger partial charge in [0.2, 0.25) is 0 Å². The Kier molecular flexibility index (Phi) is 6.86. The van der Waals surface area contributed by atoms with Gasteiger partial charge in [-0.3, -0.25) is 4.79 Å². The summed E-state index contributed by atoms with van der Waals surface area (Å²) in [5.74, 6) is -0.528. The van der Waals surface area contributed by atoms with Crippen molar-refractivity contribution in [1.82, 2.24) is 0 Å². The Bertz CT molecular complexity index is 587. The molecule has 0 radical (unpaired) electrons. The molecule has 7 heteroatoms. The number of hydrogen-bond acceptors (Lipinski definition) is 7. The third kappa shape index (κ3) is 4.74. The van der Waals surface area contributed by atoms with Crippen molar-refractivity contribution in [3.63, 3.8) is 0 Å². The molecule has 0 unspecified atom stereocenters. The van der Waals surface area contributed by atoms with Gasteiger partial charge in [0.1, 0.15) is 22.6 Å². The van der Waals surface area contributed by atoms with E-state index in [0.29, 0.717) is 17.9 Å². The molecule has 1 rings (SSSR count). The maximum Gasteiger partial charge on any atom is 0.348 e. The Balaban J connectivity index is 2.86. The maximum absolute atomic E-state index is 11.9. The number of carbonyl (C=O) groups excluding carboxylic acids is 2. The maximum atomic E-state index is 11.9. The lowest BCUT2D eigenvalue weighted by molar-refractivity contribution is -0.145. The van der Waals surface area contributed by atoms with E-state index < -0.39 is 5.97 Å². The molecule has 0 aliphatic carbocycles. The highest BCUT2D eigenvalue weighted by molar-refractivity contribution is 7.18. The fourth-order valence-corrected chi connectivity index (χ4v) is 2.66. The van der Waals surface area contributed by atoms with Gasteiger partial charge in [-0.2, -0.15) is 5.26 Å². The first kappa shape index (κ1) is 18.0. The monoisotopic (exact) mass is 324 g/mol. The van der Waals surface area contributed by atoms with Crippen LogP contribution in [-0.2, 0) is 20.9 Å². The van der Waals surface area contributed by atoms with Gasteiger partial charge in [-0.25, -0.2) is 4.79 Å². The van der Waals surface area contributed by atoms with Crippen LogP contribution in [0.3, 0.4) is 0 Å². The van der Waals surface area contributed by atoms with Crippen molar-refractivity contribution in [2.24, 2.45) is 5.92 Å². The minimum Gasteiger partial charge on any atom is -0.462 e. The van der Waals surface area contributed by atoms with Crippen LogP contribution < -0.4 is 5.73 Å². The summed E-state index contributed by atoms with van der Waals surface area (Å²) in [4.78, 5) is 23.8. The number of nitriles is 1. The highest BCUT2D eigenvalue weighted by atomic mass is 32.1. The molecule has 0 saturated heterocycles. The van der Waals surface area contributed by atoms with E-state index in [4.69, 9.17) is 20.5 Å². The largest absolute Gasteiger partial charge is 0.462 e. The summed E-state index contributed by atoms with van der Waals surface area (Å²) in [6.45, 7) is 5.78. The molecule has 0 aromatic carbocycles. The molecule has 0 saturated carbocycles. The zero-order valence-electron chi connectivity index (χ0n) is 13.0. The first-order valence-electron chi connectivity index (χ1n) is 7.04. The molecule has 22 heavy (non-hydrogen) atoms. The standard InChI is InChI=1S/C15H20N2O4S/c1-4-20-15(19)13-11(10(7-16)14(17)22-13)8-21-12(18)6-5-9(2)3/h9H,4-6,8,17H2,1-3H3. The van der Waals surface area contributed by atoms with Crippen molar-refractivity contribution in [1.29, 1.82) is 5.26 Å². The number of hydrogen-bond donors (Lipinski definition) is 1. The van der Waals surface area contributed by atoms with Gasteiger partial charge in [0, 0.05) is 12.0 Å². The quantitative estimate of drug-likeness (QED) is 0.774. The number of anilines is 1. The van der Waals surface area contributed by atoms with E-state index in [2.05, 4.69) is 0 Å². The van der Waals surface area contributed by atoms with Crippen LogP contribution in [0.25, 0.3) is 0 Å². The lowest BCUT2D eigenvalue weighted by Gasteiger charge is -2.07. The van der Waals surface area contributed by atoms with Gasteiger partial charge in [-0.1, -0.05) is 13.8 Å². The van der Waals surface area contributed by atoms with Crippen molar-refractivity contribution in [2.45, 2.75) is 40.2 Å². The average molecular weight is 324 g/mol. The van der Waals surface area contributed by atoms with Crippen molar-refractivity contribution in [3.05, 3.63) is 16.0 Å². The molecule has 0 aliphatic heterocycles. The summed E-state index contributed by atoms with van der Waals surface area (Å²) in [5.41, 5.74) is 6.23. The van der Waals surface area contributed by atoms with Crippen molar-refractivity contribution in [2.75, 3.05) is 12.3 Å². The van der Waals surface area contributed by atoms with Gasteiger partial charge in [-0.05, 0) is 19.3 Å². The zero-order chi connectivity index (χ0) is 16.7. The van der Waals surface area contributed by atoms with E-state index in [9.17, 15) is 9.59 Å². The minimum atomic E-state index is -0.561. The fraction of sp³-hybridized carbons (Fsp3) is 0.533. The zero-order valence-corrected chi connectivity index (χ0v) is 13.8. The van der Waals surface area contributed by atoms with Crippen LogP contribution in [0.2, 0.25) is 0 Å². The molecular formula is C15H20N2O4S. The summed E-state index contributed by atoms with van der Waals surface area (Å²) in [5, 5.41) is 9.37. The lowest BCUT2D eigenvalue weighted by Crippen LogP contribution is -2.10. The third-order valence-corrected chi connectivity index (χ3v) is 3.95. The highest BCUT2D eigenvalue weighted by Gasteiger charge is 2.23. The van der Waals surface area contributed by atoms with Crippen LogP contribution in [-0.4, -0.2) is 18.5 Å². The molecule has 1 heterocycles. The van der Waals surface area contributed by atoms with Gasteiger partial charge in [-0.15, -0.1) is 11.3 Å². The van der Waals surface area contributed by atoms with E-state index in [-0.39, 0.29) is 34.6 Å². The summed E-state index contributed by atoms with van der Waals surface area (Å²) in [6.07, 6.45) is 1.02. The number of nitrogen functional groups attached to an aromatic ring is 1. The molecule has 1 aromatic heterocycles. The number of carbonyl (C=O) groups is 2. The molecule has 0 fully saturated rings. The van der Waals surface area contributed by atoms with Crippen LogP contribution in [0.15, 0.2) is 0 Å². The third-order valence-electron chi connectivity index (χ3n) is 2.91. The second-order valence-corrected chi connectivity index (χ2v) is 6.13. The van der Waals surface area contributed by atoms with Crippen LogP contribution in [0, 0.1) is 17.2 Å². The van der Waals surface area contributed by atoms with Gasteiger partial charge < -0.3 is 15.2 Å². The Morgan fingerprint density at radius 1 is 1.36 bits per heavy atom. The first-order chi connectivity index (χ1) is 10.4. The Morgan fingerprint density at radius 2 is 2.05 bits per heavy atom. The predicted molar refractivity (Wildman–Crippen MR) is 83.3 cm³/mol. The Hall–Kier alpha value is -2.07. The topological polar surface area (TPSA) is 102 Å². The number of rotatable bonds is 7. The number of nitrogens with two attached hydrogens (primary N) is 1.